The lowest BCUT2D eigenvalue weighted by Crippen LogP contribution is -2.06. The first-order valence-electron chi connectivity index (χ1n) is 6.59. The number of fused-ring (bicyclic) bond motifs is 1. The first-order chi connectivity index (χ1) is 8.66. The molecular formula is C15H19N3. The van der Waals surface area contributed by atoms with Crippen LogP contribution < -0.4 is 5.73 Å². The Bertz CT molecular complexity index is 569. The molecule has 0 saturated carbocycles. The second-order valence-electron chi connectivity index (χ2n) is 5.31. The fourth-order valence-corrected chi connectivity index (χ4v) is 2.76. The minimum absolute atomic E-state index is 0.226. The van der Waals surface area contributed by atoms with E-state index in [2.05, 4.69) is 47.9 Å². The Hall–Kier alpha value is -1.61. The van der Waals surface area contributed by atoms with Gasteiger partial charge in [0.1, 0.15) is 0 Å². The largest absolute Gasteiger partial charge is 0.324 e. The fourth-order valence-electron chi connectivity index (χ4n) is 2.76. The van der Waals surface area contributed by atoms with Gasteiger partial charge < -0.3 is 5.73 Å². The van der Waals surface area contributed by atoms with Crippen LogP contribution in [0.3, 0.4) is 0 Å². The molecule has 1 aliphatic carbocycles. The minimum atomic E-state index is 0.226. The average molecular weight is 241 g/mol. The van der Waals surface area contributed by atoms with Crippen molar-refractivity contribution in [1.82, 2.24) is 9.78 Å². The van der Waals surface area contributed by atoms with Gasteiger partial charge in [-0.15, -0.1) is 0 Å². The number of hydrogen-bond donors (Lipinski definition) is 1. The summed E-state index contributed by atoms with van der Waals surface area (Å²) in [6.07, 6.45) is 4.04. The van der Waals surface area contributed by atoms with E-state index in [1.54, 1.807) is 0 Å². The second-order valence-corrected chi connectivity index (χ2v) is 5.31. The maximum atomic E-state index is 6.08. The van der Waals surface area contributed by atoms with Crippen molar-refractivity contribution in [1.29, 1.82) is 0 Å². The Kier molecular flexibility index (Phi) is 2.71. The third-order valence-electron chi connectivity index (χ3n) is 3.72. The summed E-state index contributed by atoms with van der Waals surface area (Å²) >= 11 is 0. The molecule has 1 aromatic carbocycles. The van der Waals surface area contributed by atoms with Gasteiger partial charge in [0.05, 0.1) is 5.69 Å². The van der Waals surface area contributed by atoms with Gasteiger partial charge in [-0.25, -0.2) is 0 Å². The van der Waals surface area contributed by atoms with Crippen LogP contribution in [0.5, 0.6) is 0 Å². The predicted octanol–water partition coefficient (Wildman–Crippen LogP) is 3.08. The molecule has 0 amide bonds. The van der Waals surface area contributed by atoms with Crippen molar-refractivity contribution >= 4 is 0 Å². The fraction of sp³-hybridized carbons (Fsp3) is 0.400. The SMILES string of the molecule is CC(C)n1nccc1-c1ccc2c(c1)CCC2N. The summed E-state index contributed by atoms with van der Waals surface area (Å²) in [5.74, 6) is 0. The standard InChI is InChI=1S/C15H19N3/c1-10(2)18-15(7-8-17-18)12-3-5-13-11(9-12)4-6-14(13)16/h3,5,7-10,14H,4,6,16H2,1-2H3. The summed E-state index contributed by atoms with van der Waals surface area (Å²) < 4.78 is 2.07. The predicted molar refractivity (Wildman–Crippen MR) is 73.3 cm³/mol. The first-order valence-corrected chi connectivity index (χ1v) is 6.59. The van der Waals surface area contributed by atoms with Crippen molar-refractivity contribution < 1.29 is 0 Å². The van der Waals surface area contributed by atoms with Crippen molar-refractivity contribution in [2.75, 3.05) is 0 Å². The lowest BCUT2D eigenvalue weighted by atomic mass is 10.0. The highest BCUT2D eigenvalue weighted by Crippen LogP contribution is 2.33. The highest BCUT2D eigenvalue weighted by Gasteiger charge is 2.19. The molecule has 0 aliphatic heterocycles. The van der Waals surface area contributed by atoms with E-state index in [9.17, 15) is 0 Å². The number of hydrogen-bond acceptors (Lipinski definition) is 2. The van der Waals surface area contributed by atoms with Crippen LogP contribution in [-0.4, -0.2) is 9.78 Å². The molecular weight excluding hydrogens is 222 g/mol. The zero-order chi connectivity index (χ0) is 12.7. The van der Waals surface area contributed by atoms with E-state index in [1.807, 2.05) is 6.20 Å². The molecule has 0 radical (unpaired) electrons. The monoisotopic (exact) mass is 241 g/mol. The summed E-state index contributed by atoms with van der Waals surface area (Å²) in [6, 6.07) is 9.31. The van der Waals surface area contributed by atoms with Gasteiger partial charge in [0.2, 0.25) is 0 Å². The smallest absolute Gasteiger partial charge is 0.0685 e. The van der Waals surface area contributed by atoms with Crippen molar-refractivity contribution in [3.05, 3.63) is 41.6 Å². The van der Waals surface area contributed by atoms with E-state index in [4.69, 9.17) is 5.73 Å². The van der Waals surface area contributed by atoms with E-state index in [0.717, 1.165) is 12.8 Å². The van der Waals surface area contributed by atoms with E-state index < -0.39 is 0 Å². The normalized spacial score (nSPS) is 18.3. The quantitative estimate of drug-likeness (QED) is 0.878. The van der Waals surface area contributed by atoms with Gasteiger partial charge in [0.15, 0.2) is 0 Å². The molecule has 0 saturated heterocycles. The van der Waals surface area contributed by atoms with E-state index in [-0.39, 0.29) is 6.04 Å². The number of nitrogens with two attached hydrogens (primary N) is 1. The number of nitrogens with zero attached hydrogens (tertiary/aromatic N) is 2. The Balaban J connectivity index is 2.05. The highest BCUT2D eigenvalue weighted by molar-refractivity contribution is 5.62. The van der Waals surface area contributed by atoms with Gasteiger partial charge in [-0.1, -0.05) is 12.1 Å². The third-order valence-corrected chi connectivity index (χ3v) is 3.72. The van der Waals surface area contributed by atoms with Gasteiger partial charge >= 0.3 is 0 Å². The lowest BCUT2D eigenvalue weighted by molar-refractivity contribution is 0.538. The van der Waals surface area contributed by atoms with Crippen LogP contribution in [0.4, 0.5) is 0 Å². The topological polar surface area (TPSA) is 43.8 Å². The first kappa shape index (κ1) is 11.5. The van der Waals surface area contributed by atoms with E-state index in [1.165, 1.54) is 22.4 Å². The molecule has 18 heavy (non-hydrogen) atoms. The van der Waals surface area contributed by atoms with Gasteiger partial charge in [0, 0.05) is 23.8 Å². The molecule has 3 rings (SSSR count). The minimum Gasteiger partial charge on any atom is -0.324 e. The summed E-state index contributed by atoms with van der Waals surface area (Å²) in [5.41, 5.74) is 11.2. The maximum absolute atomic E-state index is 6.08. The van der Waals surface area contributed by atoms with Crippen LogP contribution in [0.2, 0.25) is 0 Å². The van der Waals surface area contributed by atoms with Gasteiger partial charge in [-0.2, -0.15) is 5.10 Å². The lowest BCUT2D eigenvalue weighted by Gasteiger charge is -2.12. The summed E-state index contributed by atoms with van der Waals surface area (Å²) in [4.78, 5) is 0. The number of rotatable bonds is 2. The van der Waals surface area contributed by atoms with Crippen molar-refractivity contribution in [2.45, 2.75) is 38.8 Å². The molecule has 1 atom stereocenters. The van der Waals surface area contributed by atoms with Crippen LogP contribution >= 0.6 is 0 Å². The van der Waals surface area contributed by atoms with Crippen LogP contribution in [0.25, 0.3) is 11.3 Å². The third kappa shape index (κ3) is 1.75. The van der Waals surface area contributed by atoms with Crippen LogP contribution in [0, 0.1) is 0 Å². The summed E-state index contributed by atoms with van der Waals surface area (Å²) in [6.45, 7) is 4.31. The van der Waals surface area contributed by atoms with Gasteiger partial charge in [-0.05, 0) is 49.9 Å². The summed E-state index contributed by atoms with van der Waals surface area (Å²) in [5, 5.41) is 4.39. The van der Waals surface area contributed by atoms with Crippen molar-refractivity contribution in [3.63, 3.8) is 0 Å². The Morgan fingerprint density at radius 2 is 2.17 bits per heavy atom. The Labute approximate surface area is 108 Å². The van der Waals surface area contributed by atoms with E-state index >= 15 is 0 Å². The van der Waals surface area contributed by atoms with Crippen LogP contribution in [-0.2, 0) is 6.42 Å². The maximum Gasteiger partial charge on any atom is 0.0685 e. The second kappa shape index (κ2) is 4.25. The molecule has 1 unspecified atom stereocenters. The molecule has 0 fully saturated rings. The van der Waals surface area contributed by atoms with Gasteiger partial charge in [0.25, 0.3) is 0 Å². The van der Waals surface area contributed by atoms with Crippen LogP contribution in [0.15, 0.2) is 30.5 Å². The highest BCUT2D eigenvalue weighted by atomic mass is 15.3. The zero-order valence-electron chi connectivity index (χ0n) is 10.9. The molecule has 0 spiro atoms. The molecule has 1 aromatic heterocycles. The molecule has 3 heteroatoms. The molecule has 3 nitrogen and oxygen atoms in total. The van der Waals surface area contributed by atoms with E-state index in [0.29, 0.717) is 6.04 Å². The molecule has 0 bridgehead atoms. The number of benzene rings is 1. The number of aromatic nitrogens is 2. The zero-order valence-corrected chi connectivity index (χ0v) is 10.9. The molecule has 2 aromatic rings. The van der Waals surface area contributed by atoms with Crippen molar-refractivity contribution in [3.8, 4) is 11.3 Å². The number of aryl methyl sites for hydroxylation is 1. The molecule has 2 N–H and O–H groups in total. The van der Waals surface area contributed by atoms with Crippen molar-refractivity contribution in [2.24, 2.45) is 5.73 Å². The molecule has 1 aliphatic rings. The summed E-state index contributed by atoms with van der Waals surface area (Å²) in [7, 11) is 0. The molecule has 1 heterocycles. The van der Waals surface area contributed by atoms with Crippen LogP contribution in [0.1, 0.15) is 43.5 Å². The average Bonchev–Trinajstić information content (AvgIpc) is 2.96. The Morgan fingerprint density at radius 1 is 1.33 bits per heavy atom. The van der Waals surface area contributed by atoms with Gasteiger partial charge in [-0.3, -0.25) is 4.68 Å². The Morgan fingerprint density at radius 3 is 2.94 bits per heavy atom. The molecule has 94 valence electrons.